The minimum atomic E-state index is 0.246. The molecule has 4 unspecified atom stereocenters. The quantitative estimate of drug-likeness (QED) is 0.841. The van der Waals surface area contributed by atoms with E-state index in [4.69, 9.17) is 15.2 Å². The molecule has 3 saturated carbocycles. The van der Waals surface area contributed by atoms with Crippen LogP contribution in [0.3, 0.4) is 0 Å². The Morgan fingerprint density at radius 2 is 1.70 bits per heavy atom. The van der Waals surface area contributed by atoms with E-state index >= 15 is 0 Å². The van der Waals surface area contributed by atoms with Gasteiger partial charge in [0, 0.05) is 12.0 Å². The fourth-order valence-electron chi connectivity index (χ4n) is 4.79. The predicted octanol–water partition coefficient (Wildman–Crippen LogP) is 3.35. The predicted molar refractivity (Wildman–Crippen MR) is 76.3 cm³/mol. The van der Waals surface area contributed by atoms with Gasteiger partial charge >= 0.3 is 0 Å². The second kappa shape index (κ2) is 5.14. The minimum absolute atomic E-state index is 0.246. The summed E-state index contributed by atoms with van der Waals surface area (Å²) in [6.45, 7) is 0. The summed E-state index contributed by atoms with van der Waals surface area (Å²) in [6.07, 6.45) is 11.6. The summed E-state index contributed by atoms with van der Waals surface area (Å²) in [5, 5.41) is 4.30. The molecule has 3 aliphatic carbocycles. The van der Waals surface area contributed by atoms with Gasteiger partial charge in [-0.05, 0) is 43.9 Å². The van der Waals surface area contributed by atoms with Gasteiger partial charge in [-0.25, -0.2) is 0 Å². The molecule has 2 bridgehead atoms. The smallest absolute Gasteiger partial charge is 0.231 e. The van der Waals surface area contributed by atoms with Crippen molar-refractivity contribution in [2.45, 2.75) is 75.7 Å². The number of hydrogen-bond donors (Lipinski definition) is 1. The maximum atomic E-state index is 6.38. The Morgan fingerprint density at radius 1 is 0.950 bits per heavy atom. The summed E-state index contributed by atoms with van der Waals surface area (Å²) in [6, 6.07) is 0.246. The molecule has 20 heavy (non-hydrogen) atoms. The van der Waals surface area contributed by atoms with Crippen LogP contribution in [0.5, 0.6) is 0 Å². The molecule has 1 aromatic rings. The highest BCUT2D eigenvalue weighted by Gasteiger charge is 2.49. The number of nitrogens with zero attached hydrogens (tertiary/aromatic N) is 2. The molecule has 4 nitrogen and oxygen atoms in total. The maximum Gasteiger partial charge on any atom is 0.231 e. The zero-order valence-corrected chi connectivity index (χ0v) is 12.1. The summed E-state index contributed by atoms with van der Waals surface area (Å²) < 4.78 is 5.62. The molecule has 1 heterocycles. The average molecular weight is 275 g/mol. The van der Waals surface area contributed by atoms with Crippen LogP contribution in [-0.4, -0.2) is 16.2 Å². The minimum Gasteiger partial charge on any atom is -0.339 e. The lowest BCUT2D eigenvalue weighted by Gasteiger charge is -2.24. The number of hydrogen-bond acceptors (Lipinski definition) is 4. The van der Waals surface area contributed by atoms with Crippen molar-refractivity contribution in [1.29, 1.82) is 0 Å². The summed E-state index contributed by atoms with van der Waals surface area (Å²) in [5.74, 6) is 4.03. The largest absolute Gasteiger partial charge is 0.339 e. The van der Waals surface area contributed by atoms with Gasteiger partial charge in [-0.2, -0.15) is 4.98 Å². The van der Waals surface area contributed by atoms with Gasteiger partial charge < -0.3 is 10.3 Å². The van der Waals surface area contributed by atoms with Crippen molar-refractivity contribution in [3.63, 3.8) is 0 Å². The molecule has 3 fully saturated rings. The third kappa shape index (κ3) is 2.09. The number of aromatic nitrogens is 2. The first-order valence-corrected chi connectivity index (χ1v) is 8.42. The topological polar surface area (TPSA) is 64.9 Å². The summed E-state index contributed by atoms with van der Waals surface area (Å²) in [7, 11) is 0. The highest BCUT2D eigenvalue weighted by Crippen LogP contribution is 2.51. The fourth-order valence-corrected chi connectivity index (χ4v) is 4.79. The third-order valence-corrected chi connectivity index (χ3v) is 5.94. The molecular formula is C16H25N3O. The van der Waals surface area contributed by atoms with Crippen LogP contribution >= 0.6 is 0 Å². The van der Waals surface area contributed by atoms with Gasteiger partial charge in [-0.15, -0.1) is 0 Å². The van der Waals surface area contributed by atoms with Gasteiger partial charge in [0.25, 0.3) is 0 Å². The van der Waals surface area contributed by atoms with Crippen LogP contribution in [0.25, 0.3) is 0 Å². The fraction of sp³-hybridized carbons (Fsp3) is 0.875. The summed E-state index contributed by atoms with van der Waals surface area (Å²) in [4.78, 5) is 4.77. The molecule has 0 spiro atoms. The number of nitrogens with two attached hydrogens (primary N) is 1. The van der Waals surface area contributed by atoms with Gasteiger partial charge in [0.15, 0.2) is 5.82 Å². The van der Waals surface area contributed by atoms with Gasteiger partial charge in [0.05, 0.1) is 5.92 Å². The van der Waals surface area contributed by atoms with Crippen molar-refractivity contribution in [3.8, 4) is 0 Å². The van der Waals surface area contributed by atoms with E-state index in [1.54, 1.807) is 0 Å². The van der Waals surface area contributed by atoms with Gasteiger partial charge in [0.1, 0.15) is 0 Å². The van der Waals surface area contributed by atoms with Gasteiger partial charge in [-0.3, -0.25) is 0 Å². The Balaban J connectivity index is 1.53. The van der Waals surface area contributed by atoms with Gasteiger partial charge in [0.2, 0.25) is 5.89 Å². The maximum absolute atomic E-state index is 6.38. The van der Waals surface area contributed by atoms with Crippen LogP contribution < -0.4 is 5.73 Å². The molecule has 0 radical (unpaired) electrons. The van der Waals surface area contributed by atoms with E-state index < -0.39 is 0 Å². The van der Waals surface area contributed by atoms with Crippen LogP contribution in [0.4, 0.5) is 0 Å². The van der Waals surface area contributed by atoms with Crippen LogP contribution in [0, 0.1) is 11.8 Å². The van der Waals surface area contributed by atoms with E-state index in [1.807, 2.05) is 0 Å². The van der Waals surface area contributed by atoms with Crippen molar-refractivity contribution < 1.29 is 4.52 Å². The van der Waals surface area contributed by atoms with Crippen molar-refractivity contribution in [2.75, 3.05) is 0 Å². The van der Waals surface area contributed by atoms with E-state index in [0.29, 0.717) is 23.7 Å². The second-order valence-corrected chi connectivity index (χ2v) is 7.12. The molecule has 4 rings (SSSR count). The highest BCUT2D eigenvalue weighted by atomic mass is 16.5. The molecule has 3 aliphatic rings. The second-order valence-electron chi connectivity index (χ2n) is 7.12. The molecule has 4 atom stereocenters. The summed E-state index contributed by atoms with van der Waals surface area (Å²) in [5.41, 5.74) is 6.38. The van der Waals surface area contributed by atoms with Crippen LogP contribution in [-0.2, 0) is 0 Å². The van der Waals surface area contributed by atoms with E-state index in [2.05, 4.69) is 5.16 Å². The SMILES string of the molecule is NC1C2CCC(C2)C1c1nc(C2CCCCCC2)no1. The first kappa shape index (κ1) is 12.8. The molecule has 0 amide bonds. The lowest BCUT2D eigenvalue weighted by atomic mass is 9.85. The average Bonchev–Trinajstić information content (AvgIpc) is 3.11. The Bertz CT molecular complexity index is 462. The van der Waals surface area contributed by atoms with E-state index in [9.17, 15) is 0 Å². The number of rotatable bonds is 2. The van der Waals surface area contributed by atoms with Gasteiger partial charge in [-0.1, -0.05) is 30.8 Å². The molecule has 0 aliphatic heterocycles. The number of fused-ring (bicyclic) bond motifs is 2. The van der Waals surface area contributed by atoms with Crippen molar-refractivity contribution in [3.05, 3.63) is 11.7 Å². The van der Waals surface area contributed by atoms with Crippen LogP contribution in [0.15, 0.2) is 4.52 Å². The molecule has 1 aromatic heterocycles. The highest BCUT2D eigenvalue weighted by molar-refractivity contribution is 5.12. The molecule has 0 saturated heterocycles. The Kier molecular flexibility index (Phi) is 3.29. The Labute approximate surface area is 120 Å². The molecule has 110 valence electrons. The lowest BCUT2D eigenvalue weighted by Crippen LogP contribution is -2.34. The third-order valence-electron chi connectivity index (χ3n) is 5.94. The molecular weight excluding hydrogens is 250 g/mol. The zero-order valence-electron chi connectivity index (χ0n) is 12.1. The Hall–Kier alpha value is -0.900. The van der Waals surface area contributed by atoms with Crippen LogP contribution in [0.2, 0.25) is 0 Å². The first-order chi connectivity index (χ1) is 9.83. The molecule has 2 N–H and O–H groups in total. The molecule has 4 heteroatoms. The monoisotopic (exact) mass is 275 g/mol. The normalized spacial score (nSPS) is 38.2. The van der Waals surface area contributed by atoms with Crippen molar-refractivity contribution in [1.82, 2.24) is 10.1 Å². The first-order valence-electron chi connectivity index (χ1n) is 8.42. The Morgan fingerprint density at radius 3 is 2.40 bits per heavy atom. The van der Waals surface area contributed by atoms with E-state index in [1.165, 1.54) is 57.8 Å². The van der Waals surface area contributed by atoms with Crippen molar-refractivity contribution >= 4 is 0 Å². The standard InChI is InChI=1S/C16H25N3O/c17-14-12-8-7-11(9-12)13(14)16-18-15(19-20-16)10-5-3-1-2-4-6-10/h10-14H,1-9,17H2. The summed E-state index contributed by atoms with van der Waals surface area (Å²) >= 11 is 0. The van der Waals surface area contributed by atoms with Crippen molar-refractivity contribution in [2.24, 2.45) is 17.6 Å². The van der Waals surface area contributed by atoms with E-state index in [-0.39, 0.29) is 6.04 Å². The van der Waals surface area contributed by atoms with Crippen LogP contribution in [0.1, 0.15) is 81.3 Å². The molecule has 0 aromatic carbocycles. The lowest BCUT2D eigenvalue weighted by molar-refractivity contribution is 0.277. The van der Waals surface area contributed by atoms with E-state index in [0.717, 1.165) is 11.7 Å². The zero-order chi connectivity index (χ0) is 13.5.